The Labute approximate surface area is 114 Å². The molecule has 0 saturated carbocycles. The van der Waals surface area contributed by atoms with Gasteiger partial charge in [0, 0.05) is 12.1 Å². The Morgan fingerprint density at radius 1 is 1.37 bits per heavy atom. The summed E-state index contributed by atoms with van der Waals surface area (Å²) in [7, 11) is 0. The molecule has 104 valence electrons. The van der Waals surface area contributed by atoms with Crippen LogP contribution in [-0.2, 0) is 0 Å². The van der Waals surface area contributed by atoms with Crippen molar-refractivity contribution in [2.45, 2.75) is 26.2 Å². The van der Waals surface area contributed by atoms with Crippen LogP contribution in [0.5, 0.6) is 5.75 Å². The molecular weight excluding hydrogens is 240 g/mol. The van der Waals surface area contributed by atoms with Crippen molar-refractivity contribution in [2.24, 2.45) is 5.16 Å². The molecule has 4 heteroatoms. The van der Waals surface area contributed by atoms with E-state index in [-0.39, 0.29) is 0 Å². The summed E-state index contributed by atoms with van der Waals surface area (Å²) >= 11 is 0. The van der Waals surface area contributed by atoms with Gasteiger partial charge in [-0.15, -0.1) is 0 Å². The van der Waals surface area contributed by atoms with Crippen LogP contribution in [0.25, 0.3) is 0 Å². The number of ether oxygens (including phenoxy) is 1. The van der Waals surface area contributed by atoms with Crippen molar-refractivity contribution in [3.8, 4) is 5.75 Å². The van der Waals surface area contributed by atoms with E-state index in [1.54, 1.807) is 6.92 Å². The van der Waals surface area contributed by atoms with Gasteiger partial charge in [-0.2, -0.15) is 0 Å². The molecule has 0 spiro atoms. The van der Waals surface area contributed by atoms with E-state index in [1.807, 2.05) is 24.3 Å². The average Bonchev–Trinajstić information content (AvgIpc) is 2.96. The Hall–Kier alpha value is -1.55. The van der Waals surface area contributed by atoms with Crippen LogP contribution < -0.4 is 4.74 Å². The van der Waals surface area contributed by atoms with E-state index in [0.717, 1.165) is 30.9 Å². The van der Waals surface area contributed by atoms with Crippen molar-refractivity contribution in [1.82, 2.24) is 4.90 Å². The number of likely N-dealkylation sites (tertiary alicyclic amines) is 1. The summed E-state index contributed by atoms with van der Waals surface area (Å²) in [6.45, 7) is 6.10. The summed E-state index contributed by atoms with van der Waals surface area (Å²) in [5.74, 6) is 0.835. The normalized spacial score (nSPS) is 16.8. The highest BCUT2D eigenvalue weighted by atomic mass is 16.5. The van der Waals surface area contributed by atoms with Crippen LogP contribution in [0.4, 0.5) is 0 Å². The van der Waals surface area contributed by atoms with Gasteiger partial charge in [0.15, 0.2) is 0 Å². The molecule has 19 heavy (non-hydrogen) atoms. The lowest BCUT2D eigenvalue weighted by Gasteiger charge is -2.14. The van der Waals surface area contributed by atoms with Gasteiger partial charge in [0.05, 0.1) is 12.3 Å². The fourth-order valence-electron chi connectivity index (χ4n) is 2.35. The number of hydrogen-bond donors (Lipinski definition) is 1. The Morgan fingerprint density at radius 2 is 2.16 bits per heavy atom. The summed E-state index contributed by atoms with van der Waals surface area (Å²) in [5, 5.41) is 12.0. The maximum atomic E-state index is 8.76. The molecule has 0 aliphatic carbocycles. The summed E-state index contributed by atoms with van der Waals surface area (Å²) in [4.78, 5) is 2.49. The van der Waals surface area contributed by atoms with Gasteiger partial charge in [-0.3, -0.25) is 0 Å². The molecule has 4 nitrogen and oxygen atoms in total. The summed E-state index contributed by atoms with van der Waals surface area (Å²) in [6, 6.07) is 7.67. The zero-order valence-electron chi connectivity index (χ0n) is 11.5. The number of oxime groups is 1. The van der Waals surface area contributed by atoms with Crippen LogP contribution in [0.2, 0.25) is 0 Å². The van der Waals surface area contributed by atoms with Crippen LogP contribution in [0.15, 0.2) is 29.4 Å². The van der Waals surface area contributed by atoms with Crippen molar-refractivity contribution in [2.75, 3.05) is 26.2 Å². The highest BCUT2D eigenvalue weighted by Crippen LogP contribution is 2.14. The van der Waals surface area contributed by atoms with E-state index < -0.39 is 0 Å². The molecular formula is C15H22N2O2. The Bertz CT molecular complexity index is 426. The molecule has 0 atom stereocenters. The maximum Gasteiger partial charge on any atom is 0.119 e. The second kappa shape index (κ2) is 7.14. The van der Waals surface area contributed by atoms with Crippen LogP contribution in [0.1, 0.15) is 31.7 Å². The van der Waals surface area contributed by atoms with Crippen LogP contribution in [0.3, 0.4) is 0 Å². The number of benzene rings is 1. The van der Waals surface area contributed by atoms with Crippen LogP contribution >= 0.6 is 0 Å². The molecule has 0 bridgehead atoms. The third-order valence-electron chi connectivity index (χ3n) is 3.49. The van der Waals surface area contributed by atoms with E-state index in [1.165, 1.54) is 25.9 Å². The average molecular weight is 262 g/mol. The third-order valence-corrected chi connectivity index (χ3v) is 3.49. The van der Waals surface area contributed by atoms with Gasteiger partial charge in [0.25, 0.3) is 0 Å². The first-order valence-electron chi connectivity index (χ1n) is 6.94. The van der Waals surface area contributed by atoms with Gasteiger partial charge in [0.1, 0.15) is 5.75 Å². The van der Waals surface area contributed by atoms with Gasteiger partial charge >= 0.3 is 0 Å². The minimum absolute atomic E-state index is 0.600. The minimum atomic E-state index is 0.600. The smallest absolute Gasteiger partial charge is 0.119 e. The van der Waals surface area contributed by atoms with Crippen LogP contribution in [-0.4, -0.2) is 42.1 Å². The molecule has 1 saturated heterocycles. The molecule has 1 aromatic carbocycles. The lowest BCUT2D eigenvalue weighted by atomic mass is 10.1. The molecule has 2 rings (SSSR count). The second-order valence-corrected chi connectivity index (χ2v) is 4.96. The summed E-state index contributed by atoms with van der Waals surface area (Å²) < 4.78 is 5.74. The quantitative estimate of drug-likeness (QED) is 0.371. The van der Waals surface area contributed by atoms with E-state index >= 15 is 0 Å². The number of hydrogen-bond acceptors (Lipinski definition) is 4. The van der Waals surface area contributed by atoms with Gasteiger partial charge in [-0.05, 0) is 51.4 Å². The molecule has 1 aliphatic heterocycles. The molecule has 1 heterocycles. The molecule has 1 fully saturated rings. The largest absolute Gasteiger partial charge is 0.494 e. The van der Waals surface area contributed by atoms with Gasteiger partial charge < -0.3 is 14.8 Å². The molecule has 0 amide bonds. The van der Waals surface area contributed by atoms with Crippen molar-refractivity contribution < 1.29 is 9.94 Å². The summed E-state index contributed by atoms with van der Waals surface area (Å²) in [6.07, 6.45) is 3.72. The fourth-order valence-corrected chi connectivity index (χ4v) is 2.35. The zero-order chi connectivity index (χ0) is 13.5. The molecule has 0 unspecified atom stereocenters. The standard InChI is InChI=1S/C15H22N2O2/c1-13(16-18)14-6-4-7-15(12-14)19-11-5-10-17-8-2-3-9-17/h4,6-7,12,18H,2-3,5,8-11H2,1H3/b16-13-. The molecule has 1 N–H and O–H groups in total. The van der Waals surface area contributed by atoms with E-state index in [2.05, 4.69) is 10.1 Å². The minimum Gasteiger partial charge on any atom is -0.494 e. The summed E-state index contributed by atoms with van der Waals surface area (Å²) in [5.41, 5.74) is 1.49. The maximum absolute atomic E-state index is 8.76. The first kappa shape index (κ1) is 13.9. The predicted molar refractivity (Wildman–Crippen MR) is 76.2 cm³/mol. The highest BCUT2D eigenvalue weighted by Gasteiger charge is 2.10. The van der Waals surface area contributed by atoms with Crippen LogP contribution in [0, 0.1) is 0 Å². The van der Waals surface area contributed by atoms with Crippen molar-refractivity contribution in [1.29, 1.82) is 0 Å². The van der Waals surface area contributed by atoms with Crippen molar-refractivity contribution in [3.05, 3.63) is 29.8 Å². The number of nitrogens with zero attached hydrogens (tertiary/aromatic N) is 2. The Balaban J connectivity index is 1.76. The Kier molecular flexibility index (Phi) is 5.21. The molecule has 1 aromatic rings. The van der Waals surface area contributed by atoms with Gasteiger partial charge in [-0.1, -0.05) is 17.3 Å². The monoisotopic (exact) mass is 262 g/mol. The molecule has 0 radical (unpaired) electrons. The third kappa shape index (κ3) is 4.24. The SMILES string of the molecule is C/C(=N/O)c1cccc(OCCCN2CCCC2)c1. The first-order valence-corrected chi connectivity index (χ1v) is 6.94. The number of rotatable bonds is 6. The molecule has 1 aliphatic rings. The van der Waals surface area contributed by atoms with E-state index in [0.29, 0.717) is 5.71 Å². The fraction of sp³-hybridized carbons (Fsp3) is 0.533. The zero-order valence-corrected chi connectivity index (χ0v) is 11.5. The van der Waals surface area contributed by atoms with Gasteiger partial charge in [-0.25, -0.2) is 0 Å². The first-order chi connectivity index (χ1) is 9.29. The molecule has 0 aromatic heterocycles. The lowest BCUT2D eigenvalue weighted by molar-refractivity contribution is 0.263. The highest BCUT2D eigenvalue weighted by molar-refractivity contribution is 5.98. The Morgan fingerprint density at radius 3 is 2.89 bits per heavy atom. The van der Waals surface area contributed by atoms with Crippen molar-refractivity contribution >= 4 is 5.71 Å². The van der Waals surface area contributed by atoms with Gasteiger partial charge in [0.2, 0.25) is 0 Å². The topological polar surface area (TPSA) is 45.1 Å². The lowest BCUT2D eigenvalue weighted by Crippen LogP contribution is -2.21. The van der Waals surface area contributed by atoms with Crippen molar-refractivity contribution in [3.63, 3.8) is 0 Å². The predicted octanol–water partition coefficient (Wildman–Crippen LogP) is 2.75. The second-order valence-electron chi connectivity index (χ2n) is 4.96. The van der Waals surface area contributed by atoms with E-state index in [9.17, 15) is 0 Å². The van der Waals surface area contributed by atoms with E-state index in [4.69, 9.17) is 9.94 Å².